The highest BCUT2D eigenvalue weighted by atomic mass is 32.2. The van der Waals surface area contributed by atoms with E-state index in [2.05, 4.69) is 16.7 Å². The number of ether oxygens (including phenoxy) is 1. The minimum atomic E-state index is -0.346. The van der Waals surface area contributed by atoms with Crippen molar-refractivity contribution < 1.29 is 13.9 Å². The summed E-state index contributed by atoms with van der Waals surface area (Å²) < 4.78 is 21.5. The number of nitrogens with zero attached hydrogens (tertiary/aromatic N) is 1. The van der Waals surface area contributed by atoms with Gasteiger partial charge in [0.15, 0.2) is 0 Å². The molecule has 3 nitrogen and oxygen atoms in total. The standard InChI is InChI=1S/C23H20FNO2S/c1-14-11-20(27-15(2)26)23(28-3)22-21(14)18-9-4-5-10-19(18)25(22)13-16-7-6-8-17(24)12-16/h4-12H,13H2,1-3H3. The number of halogens is 1. The molecule has 0 aliphatic carbocycles. The van der Waals surface area contributed by atoms with Crippen LogP contribution in [0, 0.1) is 12.7 Å². The lowest BCUT2D eigenvalue weighted by molar-refractivity contribution is -0.132. The number of carbonyl (C=O) groups is 1. The van der Waals surface area contributed by atoms with Gasteiger partial charge in [-0.05, 0) is 48.6 Å². The van der Waals surface area contributed by atoms with Gasteiger partial charge >= 0.3 is 5.97 Å². The molecule has 0 saturated carbocycles. The van der Waals surface area contributed by atoms with Crippen LogP contribution in [-0.4, -0.2) is 16.8 Å². The lowest BCUT2D eigenvalue weighted by Gasteiger charge is -2.14. The number of hydrogen-bond donors (Lipinski definition) is 0. The van der Waals surface area contributed by atoms with E-state index in [9.17, 15) is 9.18 Å². The fraction of sp³-hybridized carbons (Fsp3) is 0.174. The summed E-state index contributed by atoms with van der Waals surface area (Å²) in [5.41, 5.74) is 4.00. The van der Waals surface area contributed by atoms with Crippen LogP contribution in [0.3, 0.4) is 0 Å². The maximum Gasteiger partial charge on any atom is 0.308 e. The first-order valence-corrected chi connectivity index (χ1v) is 10.2. The molecule has 0 amide bonds. The van der Waals surface area contributed by atoms with E-state index in [1.54, 1.807) is 23.9 Å². The molecule has 0 radical (unpaired) electrons. The molecule has 0 aliphatic rings. The third-order valence-corrected chi connectivity index (χ3v) is 5.64. The number of benzene rings is 3. The molecule has 142 valence electrons. The molecule has 0 aliphatic heterocycles. The Morgan fingerprint density at radius 2 is 1.93 bits per heavy atom. The molecule has 1 heterocycles. The number of fused-ring (bicyclic) bond motifs is 3. The second-order valence-corrected chi connectivity index (χ2v) is 7.59. The van der Waals surface area contributed by atoms with E-state index in [4.69, 9.17) is 4.74 Å². The Morgan fingerprint density at radius 1 is 1.14 bits per heavy atom. The average molecular weight is 393 g/mol. The molecule has 5 heteroatoms. The van der Waals surface area contributed by atoms with Crippen LogP contribution in [0.4, 0.5) is 4.39 Å². The van der Waals surface area contributed by atoms with Gasteiger partial charge in [0.25, 0.3) is 0 Å². The molecule has 28 heavy (non-hydrogen) atoms. The van der Waals surface area contributed by atoms with Crippen molar-refractivity contribution in [1.82, 2.24) is 4.57 Å². The van der Waals surface area contributed by atoms with Crippen LogP contribution in [0.1, 0.15) is 18.1 Å². The van der Waals surface area contributed by atoms with Crippen LogP contribution in [0.15, 0.2) is 59.5 Å². The second kappa shape index (κ2) is 7.32. The zero-order valence-corrected chi connectivity index (χ0v) is 16.8. The van der Waals surface area contributed by atoms with Crippen molar-refractivity contribution in [2.24, 2.45) is 0 Å². The quantitative estimate of drug-likeness (QED) is 0.244. The van der Waals surface area contributed by atoms with Gasteiger partial charge in [-0.2, -0.15) is 0 Å². The Kier molecular flexibility index (Phi) is 4.85. The lowest BCUT2D eigenvalue weighted by Crippen LogP contribution is -2.05. The van der Waals surface area contributed by atoms with Crippen LogP contribution < -0.4 is 4.74 Å². The van der Waals surface area contributed by atoms with Gasteiger partial charge in [0, 0.05) is 29.8 Å². The zero-order chi connectivity index (χ0) is 19.8. The van der Waals surface area contributed by atoms with Crippen molar-refractivity contribution >= 4 is 39.5 Å². The Morgan fingerprint density at radius 3 is 2.64 bits per heavy atom. The third kappa shape index (κ3) is 3.16. The van der Waals surface area contributed by atoms with E-state index in [0.29, 0.717) is 12.3 Å². The SMILES string of the molecule is CSc1c(OC(C)=O)cc(C)c2c3ccccc3n(Cc3cccc(F)c3)c12. The number of esters is 1. The first-order valence-electron chi connectivity index (χ1n) is 9.01. The molecular formula is C23H20FNO2S. The van der Waals surface area contributed by atoms with E-state index in [-0.39, 0.29) is 11.8 Å². The van der Waals surface area contributed by atoms with Crippen LogP contribution in [-0.2, 0) is 11.3 Å². The van der Waals surface area contributed by atoms with Gasteiger partial charge in [0.1, 0.15) is 11.6 Å². The van der Waals surface area contributed by atoms with Crippen molar-refractivity contribution in [1.29, 1.82) is 0 Å². The normalized spacial score (nSPS) is 11.3. The highest BCUT2D eigenvalue weighted by Gasteiger charge is 2.20. The number of carbonyl (C=O) groups excluding carboxylic acids is 1. The second-order valence-electron chi connectivity index (χ2n) is 6.78. The Balaban J connectivity index is 2.07. The van der Waals surface area contributed by atoms with Crippen molar-refractivity contribution in [3.63, 3.8) is 0 Å². The van der Waals surface area contributed by atoms with Crippen molar-refractivity contribution in [2.75, 3.05) is 6.26 Å². The summed E-state index contributed by atoms with van der Waals surface area (Å²) >= 11 is 1.55. The molecule has 0 atom stereocenters. The van der Waals surface area contributed by atoms with Crippen LogP contribution in [0.2, 0.25) is 0 Å². The van der Waals surface area contributed by atoms with Crippen LogP contribution in [0.25, 0.3) is 21.8 Å². The minimum absolute atomic E-state index is 0.250. The molecule has 4 aromatic rings. The molecule has 4 rings (SSSR count). The first kappa shape index (κ1) is 18.6. The topological polar surface area (TPSA) is 31.2 Å². The lowest BCUT2D eigenvalue weighted by atomic mass is 10.1. The predicted octanol–water partition coefficient (Wildman–Crippen LogP) is 5.94. The Labute approximate surface area is 167 Å². The van der Waals surface area contributed by atoms with E-state index < -0.39 is 0 Å². The molecule has 0 bridgehead atoms. The van der Waals surface area contributed by atoms with E-state index >= 15 is 0 Å². The minimum Gasteiger partial charge on any atom is -0.425 e. The number of hydrogen-bond acceptors (Lipinski definition) is 3. The number of para-hydroxylation sites is 1. The van der Waals surface area contributed by atoms with Crippen LogP contribution in [0.5, 0.6) is 5.75 Å². The first-order chi connectivity index (χ1) is 13.5. The highest BCUT2D eigenvalue weighted by molar-refractivity contribution is 7.99. The molecule has 0 N–H and O–H groups in total. The summed E-state index contributed by atoms with van der Waals surface area (Å²) in [6.07, 6.45) is 1.97. The van der Waals surface area contributed by atoms with Gasteiger partial charge in [-0.25, -0.2) is 4.39 Å². The third-order valence-electron chi connectivity index (χ3n) is 4.84. The smallest absolute Gasteiger partial charge is 0.308 e. The largest absolute Gasteiger partial charge is 0.425 e. The summed E-state index contributed by atoms with van der Waals surface area (Å²) in [5.74, 6) is -0.0321. The molecular weight excluding hydrogens is 373 g/mol. The van der Waals surface area contributed by atoms with Gasteiger partial charge in [0.2, 0.25) is 0 Å². The summed E-state index contributed by atoms with van der Waals surface area (Å²) in [5, 5.41) is 2.27. The number of aryl methyl sites for hydroxylation is 1. The monoisotopic (exact) mass is 393 g/mol. The summed E-state index contributed by atoms with van der Waals surface area (Å²) in [6, 6.07) is 16.8. The maximum atomic E-state index is 13.8. The summed E-state index contributed by atoms with van der Waals surface area (Å²) in [7, 11) is 0. The van der Waals surface area contributed by atoms with Crippen molar-refractivity contribution in [3.8, 4) is 5.75 Å². The maximum absolute atomic E-state index is 13.8. The van der Waals surface area contributed by atoms with E-state index in [1.807, 2.05) is 37.4 Å². The Bertz CT molecular complexity index is 1210. The molecule has 0 spiro atoms. The summed E-state index contributed by atoms with van der Waals surface area (Å²) in [4.78, 5) is 12.5. The van der Waals surface area contributed by atoms with Crippen molar-refractivity contribution in [2.45, 2.75) is 25.3 Å². The van der Waals surface area contributed by atoms with Gasteiger partial charge in [-0.15, -0.1) is 11.8 Å². The number of rotatable bonds is 4. The molecule has 0 saturated heterocycles. The zero-order valence-electron chi connectivity index (χ0n) is 16.0. The molecule has 1 aromatic heterocycles. The highest BCUT2D eigenvalue weighted by Crippen LogP contribution is 2.42. The van der Waals surface area contributed by atoms with Gasteiger partial charge < -0.3 is 9.30 Å². The van der Waals surface area contributed by atoms with Gasteiger partial charge in [0.05, 0.1) is 10.4 Å². The fourth-order valence-electron chi connectivity index (χ4n) is 3.80. The van der Waals surface area contributed by atoms with Crippen molar-refractivity contribution in [3.05, 3.63) is 71.5 Å². The Hall–Kier alpha value is -2.79. The predicted molar refractivity (Wildman–Crippen MR) is 113 cm³/mol. The summed E-state index contributed by atoms with van der Waals surface area (Å²) in [6.45, 7) is 3.96. The average Bonchev–Trinajstić information content (AvgIpc) is 2.97. The van der Waals surface area contributed by atoms with Gasteiger partial charge in [-0.1, -0.05) is 30.3 Å². The van der Waals surface area contributed by atoms with Crippen LogP contribution >= 0.6 is 11.8 Å². The molecule has 3 aromatic carbocycles. The molecule has 0 unspecified atom stereocenters. The van der Waals surface area contributed by atoms with E-state index in [0.717, 1.165) is 37.8 Å². The van der Waals surface area contributed by atoms with Gasteiger partial charge in [-0.3, -0.25) is 4.79 Å². The molecule has 0 fully saturated rings. The fourth-order valence-corrected chi connectivity index (χ4v) is 4.51. The van der Waals surface area contributed by atoms with E-state index in [1.165, 1.54) is 13.0 Å². The number of thioether (sulfide) groups is 1. The number of aromatic nitrogens is 1.